The first-order chi connectivity index (χ1) is 14.0. The summed E-state index contributed by atoms with van der Waals surface area (Å²) in [5, 5.41) is 5.31. The van der Waals surface area contributed by atoms with Crippen LogP contribution in [0.15, 0.2) is 48.5 Å². The lowest BCUT2D eigenvalue weighted by Crippen LogP contribution is -2.46. The second-order valence-corrected chi connectivity index (χ2v) is 7.09. The molecule has 6 nitrogen and oxygen atoms in total. The number of nitrogens with one attached hydrogen (secondary N) is 2. The Morgan fingerprint density at radius 2 is 1.62 bits per heavy atom. The van der Waals surface area contributed by atoms with E-state index in [1.807, 2.05) is 19.1 Å². The van der Waals surface area contributed by atoms with Gasteiger partial charge in [-0.25, -0.2) is 4.39 Å². The van der Waals surface area contributed by atoms with Gasteiger partial charge in [0.25, 0.3) is 0 Å². The molecule has 3 rings (SSSR count). The summed E-state index contributed by atoms with van der Waals surface area (Å²) < 4.78 is 18.4. The van der Waals surface area contributed by atoms with Crippen molar-refractivity contribution in [2.24, 2.45) is 0 Å². The van der Waals surface area contributed by atoms with Crippen LogP contribution in [0, 0.1) is 12.7 Å². The number of benzene rings is 2. The lowest BCUT2D eigenvalue weighted by molar-refractivity contribution is -0.139. The third-order valence-corrected chi connectivity index (χ3v) is 4.98. The largest absolute Gasteiger partial charge is 0.379 e. The Morgan fingerprint density at radius 3 is 2.28 bits per heavy atom. The maximum atomic E-state index is 12.9. The molecule has 0 saturated carbocycles. The van der Waals surface area contributed by atoms with Gasteiger partial charge in [-0.05, 0) is 30.2 Å². The fraction of sp³-hybridized carbons (Fsp3) is 0.364. The molecule has 29 heavy (non-hydrogen) atoms. The quantitative estimate of drug-likeness (QED) is 0.729. The summed E-state index contributed by atoms with van der Waals surface area (Å²) in [6, 6.07) is 13.9. The van der Waals surface area contributed by atoms with E-state index in [9.17, 15) is 14.0 Å². The number of carbonyl (C=O) groups excluding carboxylic acids is 2. The molecule has 0 aromatic heterocycles. The molecule has 2 N–H and O–H groups in total. The molecule has 0 radical (unpaired) electrons. The number of ether oxygens (including phenoxy) is 1. The molecular weight excluding hydrogens is 373 g/mol. The van der Waals surface area contributed by atoms with Crippen molar-refractivity contribution in [3.05, 3.63) is 71.0 Å². The highest BCUT2D eigenvalue weighted by Crippen LogP contribution is 2.21. The minimum Gasteiger partial charge on any atom is -0.379 e. The molecule has 0 spiro atoms. The third kappa shape index (κ3) is 6.10. The number of hydrogen-bond acceptors (Lipinski definition) is 4. The van der Waals surface area contributed by atoms with E-state index >= 15 is 0 Å². The molecule has 0 unspecified atom stereocenters. The standard InChI is InChI=1S/C22H26FN3O3/c1-16-2-6-18(7-3-16)20(26-10-12-29-13-11-26)15-25-22(28)21(27)24-14-17-4-8-19(23)9-5-17/h2-9,20H,10-15H2,1H3,(H,24,27)(H,25,28)/t20-/m1/s1. The molecule has 7 heteroatoms. The van der Waals surface area contributed by atoms with Crippen molar-refractivity contribution in [1.82, 2.24) is 15.5 Å². The Morgan fingerprint density at radius 1 is 1.00 bits per heavy atom. The fourth-order valence-corrected chi connectivity index (χ4v) is 3.27. The summed E-state index contributed by atoms with van der Waals surface area (Å²) in [6.45, 7) is 5.35. The topological polar surface area (TPSA) is 70.7 Å². The molecule has 1 saturated heterocycles. The normalized spacial score (nSPS) is 15.5. The molecule has 0 aliphatic carbocycles. The summed E-state index contributed by atoms with van der Waals surface area (Å²) >= 11 is 0. The Kier molecular flexibility index (Phi) is 7.32. The van der Waals surface area contributed by atoms with Gasteiger partial charge in [0, 0.05) is 26.2 Å². The van der Waals surface area contributed by atoms with E-state index in [1.54, 1.807) is 12.1 Å². The van der Waals surface area contributed by atoms with E-state index in [4.69, 9.17) is 4.74 Å². The highest BCUT2D eigenvalue weighted by molar-refractivity contribution is 6.35. The third-order valence-electron chi connectivity index (χ3n) is 4.98. The molecule has 1 heterocycles. The fourth-order valence-electron chi connectivity index (χ4n) is 3.27. The van der Waals surface area contributed by atoms with Crippen LogP contribution in [0.5, 0.6) is 0 Å². The molecule has 2 amide bonds. The highest BCUT2D eigenvalue weighted by atomic mass is 19.1. The number of morpholine rings is 1. The number of carbonyl (C=O) groups is 2. The van der Waals surface area contributed by atoms with Crippen molar-refractivity contribution in [3.8, 4) is 0 Å². The summed E-state index contributed by atoms with van der Waals surface area (Å²) in [5.74, 6) is -1.74. The van der Waals surface area contributed by atoms with E-state index in [0.29, 0.717) is 19.8 Å². The zero-order valence-corrected chi connectivity index (χ0v) is 16.5. The molecule has 2 aromatic rings. The average Bonchev–Trinajstić information content (AvgIpc) is 2.75. The number of hydrogen-bond donors (Lipinski definition) is 2. The first-order valence-corrected chi connectivity index (χ1v) is 9.72. The van der Waals surface area contributed by atoms with Gasteiger partial charge in [-0.15, -0.1) is 0 Å². The van der Waals surface area contributed by atoms with Crippen molar-refractivity contribution < 1.29 is 18.7 Å². The van der Waals surface area contributed by atoms with Crippen molar-refractivity contribution in [1.29, 1.82) is 0 Å². The van der Waals surface area contributed by atoms with Crippen molar-refractivity contribution >= 4 is 11.8 Å². The van der Waals surface area contributed by atoms with Crippen LogP contribution in [0.3, 0.4) is 0 Å². The van der Waals surface area contributed by atoms with Crippen LogP contribution >= 0.6 is 0 Å². The van der Waals surface area contributed by atoms with Crippen LogP contribution in [0.1, 0.15) is 22.7 Å². The van der Waals surface area contributed by atoms with E-state index in [2.05, 4.69) is 27.7 Å². The predicted molar refractivity (Wildman–Crippen MR) is 108 cm³/mol. The molecule has 154 valence electrons. The lowest BCUT2D eigenvalue weighted by Gasteiger charge is -2.35. The van der Waals surface area contributed by atoms with Gasteiger partial charge in [-0.3, -0.25) is 14.5 Å². The van der Waals surface area contributed by atoms with E-state index in [0.717, 1.165) is 24.2 Å². The first kappa shape index (κ1) is 21.0. The summed E-state index contributed by atoms with van der Waals surface area (Å²) in [7, 11) is 0. The molecule has 1 aliphatic heterocycles. The Labute approximate surface area is 170 Å². The van der Waals surface area contributed by atoms with Crippen LogP contribution in [0.4, 0.5) is 4.39 Å². The molecule has 1 aliphatic rings. The Balaban J connectivity index is 1.57. The molecule has 1 fully saturated rings. The number of rotatable bonds is 6. The van der Waals surface area contributed by atoms with Crippen molar-refractivity contribution in [2.75, 3.05) is 32.8 Å². The zero-order chi connectivity index (χ0) is 20.6. The van der Waals surface area contributed by atoms with Gasteiger partial charge >= 0.3 is 11.8 Å². The zero-order valence-electron chi connectivity index (χ0n) is 16.5. The molecular formula is C22H26FN3O3. The molecule has 1 atom stereocenters. The average molecular weight is 399 g/mol. The minimum atomic E-state index is -0.709. The van der Waals surface area contributed by atoms with E-state index < -0.39 is 11.8 Å². The van der Waals surface area contributed by atoms with Gasteiger partial charge in [0.05, 0.1) is 19.3 Å². The number of nitrogens with zero attached hydrogens (tertiary/aromatic N) is 1. The number of aryl methyl sites for hydroxylation is 1. The van der Waals surface area contributed by atoms with Crippen molar-refractivity contribution in [2.45, 2.75) is 19.5 Å². The first-order valence-electron chi connectivity index (χ1n) is 9.72. The second-order valence-electron chi connectivity index (χ2n) is 7.09. The number of amides is 2. The summed E-state index contributed by atoms with van der Waals surface area (Å²) in [6.07, 6.45) is 0. The van der Waals surface area contributed by atoms with Gasteiger partial charge in [0.1, 0.15) is 5.82 Å². The summed E-state index contributed by atoms with van der Waals surface area (Å²) in [5.41, 5.74) is 2.97. The van der Waals surface area contributed by atoms with Gasteiger partial charge in [-0.2, -0.15) is 0 Å². The van der Waals surface area contributed by atoms with Crippen LogP contribution in [0.2, 0.25) is 0 Å². The summed E-state index contributed by atoms with van der Waals surface area (Å²) in [4.78, 5) is 26.6. The molecule has 0 bridgehead atoms. The van der Waals surface area contributed by atoms with Gasteiger partial charge < -0.3 is 15.4 Å². The van der Waals surface area contributed by atoms with Crippen LogP contribution in [-0.2, 0) is 20.9 Å². The maximum absolute atomic E-state index is 12.9. The number of halogens is 1. The Hall–Kier alpha value is -2.77. The van der Waals surface area contributed by atoms with Gasteiger partial charge in [-0.1, -0.05) is 42.0 Å². The van der Waals surface area contributed by atoms with Crippen LogP contribution in [0.25, 0.3) is 0 Å². The van der Waals surface area contributed by atoms with Crippen molar-refractivity contribution in [3.63, 3.8) is 0 Å². The second kappa shape index (κ2) is 10.1. The predicted octanol–water partition coefficient (Wildman–Crippen LogP) is 1.94. The SMILES string of the molecule is Cc1ccc([C@@H](CNC(=O)C(=O)NCc2ccc(F)cc2)N2CCOCC2)cc1. The lowest BCUT2D eigenvalue weighted by atomic mass is 10.0. The van der Waals surface area contributed by atoms with Crippen LogP contribution < -0.4 is 10.6 Å². The highest BCUT2D eigenvalue weighted by Gasteiger charge is 2.24. The van der Waals surface area contributed by atoms with E-state index in [1.165, 1.54) is 17.7 Å². The molecule has 2 aromatic carbocycles. The maximum Gasteiger partial charge on any atom is 0.309 e. The smallest absolute Gasteiger partial charge is 0.309 e. The van der Waals surface area contributed by atoms with Gasteiger partial charge in [0.15, 0.2) is 0 Å². The van der Waals surface area contributed by atoms with Gasteiger partial charge in [0.2, 0.25) is 0 Å². The van der Waals surface area contributed by atoms with E-state index in [-0.39, 0.29) is 18.4 Å². The Bertz CT molecular complexity index is 818. The minimum absolute atomic E-state index is 0.0339. The van der Waals surface area contributed by atoms with Crippen LogP contribution in [-0.4, -0.2) is 49.6 Å². The monoisotopic (exact) mass is 399 g/mol.